The lowest BCUT2D eigenvalue weighted by molar-refractivity contribution is -0.112. The third kappa shape index (κ3) is 6.88. The van der Waals surface area contributed by atoms with E-state index in [4.69, 9.17) is 14.2 Å². The smallest absolute Gasteiger partial charge is 0.266 e. The van der Waals surface area contributed by atoms with E-state index in [1.54, 1.807) is 49.6 Å². The standard InChI is InChI=1S/C27H26N2O4/c1-19(2)33-26-16-25(31-3)12-9-21(26)15-22(17-28)27(30)29-23-10-13-24(14-11-23)32-18-20-7-5-4-6-8-20/h4-16,19H,18H2,1-3H3,(H,29,30)/b22-15+. The van der Waals surface area contributed by atoms with Gasteiger partial charge in [-0.15, -0.1) is 0 Å². The van der Waals surface area contributed by atoms with E-state index < -0.39 is 5.91 Å². The van der Waals surface area contributed by atoms with Gasteiger partial charge in [0.2, 0.25) is 0 Å². The van der Waals surface area contributed by atoms with Crippen molar-refractivity contribution in [1.29, 1.82) is 5.26 Å². The van der Waals surface area contributed by atoms with Crippen LogP contribution in [0.25, 0.3) is 6.08 Å². The molecule has 3 rings (SSSR count). The number of nitrogens with zero attached hydrogens (tertiary/aromatic N) is 1. The fourth-order valence-electron chi connectivity index (χ4n) is 2.99. The Morgan fingerprint density at radius 1 is 1.03 bits per heavy atom. The van der Waals surface area contributed by atoms with E-state index in [9.17, 15) is 10.1 Å². The van der Waals surface area contributed by atoms with Crippen molar-refractivity contribution in [3.05, 3.63) is 89.5 Å². The largest absolute Gasteiger partial charge is 0.497 e. The van der Waals surface area contributed by atoms with Gasteiger partial charge in [0.1, 0.15) is 35.5 Å². The molecule has 0 atom stereocenters. The highest BCUT2D eigenvalue weighted by atomic mass is 16.5. The molecule has 0 saturated carbocycles. The van der Waals surface area contributed by atoms with Crippen LogP contribution in [-0.4, -0.2) is 19.1 Å². The van der Waals surface area contributed by atoms with Crippen LogP contribution in [0.1, 0.15) is 25.0 Å². The number of hydrogen-bond donors (Lipinski definition) is 1. The van der Waals surface area contributed by atoms with Gasteiger partial charge in [-0.2, -0.15) is 5.26 Å². The van der Waals surface area contributed by atoms with Gasteiger partial charge in [-0.1, -0.05) is 30.3 Å². The zero-order valence-corrected chi connectivity index (χ0v) is 18.9. The van der Waals surface area contributed by atoms with Crippen LogP contribution in [0, 0.1) is 11.3 Å². The maximum Gasteiger partial charge on any atom is 0.266 e. The number of benzene rings is 3. The molecule has 0 heterocycles. The lowest BCUT2D eigenvalue weighted by Crippen LogP contribution is -2.13. The molecule has 1 N–H and O–H groups in total. The van der Waals surface area contributed by atoms with E-state index in [-0.39, 0.29) is 11.7 Å². The number of anilines is 1. The average molecular weight is 443 g/mol. The van der Waals surface area contributed by atoms with Crippen molar-refractivity contribution in [3.63, 3.8) is 0 Å². The van der Waals surface area contributed by atoms with Gasteiger partial charge in [0.05, 0.1) is 13.2 Å². The molecule has 0 bridgehead atoms. The Balaban J connectivity index is 1.69. The number of amides is 1. The molecule has 1 amide bonds. The van der Waals surface area contributed by atoms with Crippen LogP contribution >= 0.6 is 0 Å². The average Bonchev–Trinajstić information content (AvgIpc) is 2.83. The van der Waals surface area contributed by atoms with Crippen LogP contribution in [0.15, 0.2) is 78.4 Å². The maximum atomic E-state index is 12.7. The highest BCUT2D eigenvalue weighted by Crippen LogP contribution is 2.28. The number of hydrogen-bond acceptors (Lipinski definition) is 5. The van der Waals surface area contributed by atoms with Gasteiger partial charge in [-0.3, -0.25) is 4.79 Å². The molecule has 0 aromatic heterocycles. The summed E-state index contributed by atoms with van der Waals surface area (Å²) in [6.07, 6.45) is 1.43. The Morgan fingerprint density at radius 2 is 1.73 bits per heavy atom. The van der Waals surface area contributed by atoms with Crippen LogP contribution in [0.2, 0.25) is 0 Å². The molecule has 0 aliphatic rings. The van der Waals surface area contributed by atoms with Crippen LogP contribution in [0.4, 0.5) is 5.69 Å². The summed E-state index contributed by atoms with van der Waals surface area (Å²) < 4.78 is 16.8. The van der Waals surface area contributed by atoms with Crippen molar-refractivity contribution in [2.75, 3.05) is 12.4 Å². The van der Waals surface area contributed by atoms with E-state index in [0.29, 0.717) is 35.1 Å². The highest BCUT2D eigenvalue weighted by Gasteiger charge is 2.13. The van der Waals surface area contributed by atoms with Crippen LogP contribution in [0.5, 0.6) is 17.2 Å². The molecule has 6 heteroatoms. The number of rotatable bonds is 9. The van der Waals surface area contributed by atoms with Crippen molar-refractivity contribution < 1.29 is 19.0 Å². The molecule has 0 unspecified atom stereocenters. The second-order valence-corrected chi connectivity index (χ2v) is 7.49. The van der Waals surface area contributed by atoms with Gasteiger partial charge >= 0.3 is 0 Å². The Hall–Kier alpha value is -4.24. The number of carbonyl (C=O) groups excluding carboxylic acids is 1. The first-order chi connectivity index (χ1) is 16.0. The number of nitriles is 1. The fraction of sp³-hybridized carbons (Fsp3) is 0.185. The fourth-order valence-corrected chi connectivity index (χ4v) is 2.99. The second kappa shape index (κ2) is 11.4. The lowest BCUT2D eigenvalue weighted by Gasteiger charge is -2.14. The lowest BCUT2D eigenvalue weighted by atomic mass is 10.1. The number of carbonyl (C=O) groups is 1. The van der Waals surface area contributed by atoms with Crippen LogP contribution in [-0.2, 0) is 11.4 Å². The first kappa shape index (κ1) is 23.4. The molecule has 0 saturated heterocycles. The first-order valence-electron chi connectivity index (χ1n) is 10.5. The zero-order valence-electron chi connectivity index (χ0n) is 18.9. The Morgan fingerprint density at radius 3 is 2.36 bits per heavy atom. The normalized spacial score (nSPS) is 10.9. The van der Waals surface area contributed by atoms with Gasteiger partial charge in [0.25, 0.3) is 5.91 Å². The number of methoxy groups -OCH3 is 1. The molecule has 3 aromatic rings. The van der Waals surface area contributed by atoms with Crippen molar-refractivity contribution >= 4 is 17.7 Å². The molecule has 168 valence electrons. The first-order valence-corrected chi connectivity index (χ1v) is 10.5. The highest BCUT2D eigenvalue weighted by molar-refractivity contribution is 6.09. The molecular formula is C27H26N2O4. The summed E-state index contributed by atoms with van der Waals surface area (Å²) >= 11 is 0. The third-order valence-corrected chi connectivity index (χ3v) is 4.61. The van der Waals surface area contributed by atoms with E-state index in [2.05, 4.69) is 5.32 Å². The number of ether oxygens (including phenoxy) is 3. The summed E-state index contributed by atoms with van der Waals surface area (Å²) in [7, 11) is 1.57. The van der Waals surface area contributed by atoms with E-state index in [1.165, 1.54) is 6.08 Å². The summed E-state index contributed by atoms with van der Waals surface area (Å²) in [5.74, 6) is 1.33. The number of nitrogens with one attached hydrogen (secondary N) is 1. The maximum absolute atomic E-state index is 12.7. The zero-order chi connectivity index (χ0) is 23.6. The van der Waals surface area contributed by atoms with Crippen molar-refractivity contribution in [3.8, 4) is 23.3 Å². The van der Waals surface area contributed by atoms with E-state index in [1.807, 2.05) is 50.2 Å². The molecule has 33 heavy (non-hydrogen) atoms. The Bertz CT molecular complexity index is 1150. The molecule has 0 spiro atoms. The minimum atomic E-state index is -0.512. The van der Waals surface area contributed by atoms with Gasteiger partial charge in [-0.05, 0) is 61.9 Å². The summed E-state index contributed by atoms with van der Waals surface area (Å²) in [5.41, 5.74) is 2.19. The van der Waals surface area contributed by atoms with Gasteiger partial charge in [-0.25, -0.2) is 0 Å². The van der Waals surface area contributed by atoms with Crippen LogP contribution < -0.4 is 19.5 Å². The van der Waals surface area contributed by atoms with Crippen LogP contribution in [0.3, 0.4) is 0 Å². The van der Waals surface area contributed by atoms with Crippen molar-refractivity contribution in [2.24, 2.45) is 0 Å². The monoisotopic (exact) mass is 442 g/mol. The quantitative estimate of drug-likeness (QED) is 0.344. The Labute approximate surface area is 194 Å². The summed E-state index contributed by atoms with van der Waals surface area (Å²) in [6, 6.07) is 24.1. The van der Waals surface area contributed by atoms with Gasteiger partial charge in [0, 0.05) is 17.3 Å². The van der Waals surface area contributed by atoms with E-state index >= 15 is 0 Å². The third-order valence-electron chi connectivity index (χ3n) is 4.61. The Kier molecular flexibility index (Phi) is 8.09. The van der Waals surface area contributed by atoms with Gasteiger partial charge in [0.15, 0.2) is 0 Å². The molecule has 0 aliphatic carbocycles. The molecule has 3 aromatic carbocycles. The summed E-state index contributed by atoms with van der Waals surface area (Å²) in [6.45, 7) is 4.26. The molecule has 0 fully saturated rings. The summed E-state index contributed by atoms with van der Waals surface area (Å²) in [4.78, 5) is 12.7. The van der Waals surface area contributed by atoms with Gasteiger partial charge < -0.3 is 19.5 Å². The van der Waals surface area contributed by atoms with Crippen molar-refractivity contribution in [2.45, 2.75) is 26.6 Å². The molecule has 0 radical (unpaired) electrons. The minimum Gasteiger partial charge on any atom is -0.497 e. The molecule has 6 nitrogen and oxygen atoms in total. The topological polar surface area (TPSA) is 80.6 Å². The van der Waals surface area contributed by atoms with E-state index in [0.717, 1.165) is 5.56 Å². The SMILES string of the molecule is COc1ccc(/C=C(\C#N)C(=O)Nc2ccc(OCc3ccccc3)cc2)c(OC(C)C)c1. The predicted molar refractivity (Wildman–Crippen MR) is 128 cm³/mol. The molecular weight excluding hydrogens is 416 g/mol. The minimum absolute atomic E-state index is 0.0434. The summed E-state index contributed by atoms with van der Waals surface area (Å²) in [5, 5.41) is 12.3. The second-order valence-electron chi connectivity index (χ2n) is 7.49. The predicted octanol–water partition coefficient (Wildman–Crippen LogP) is 5.61. The molecule has 0 aliphatic heterocycles. The van der Waals surface area contributed by atoms with Crippen molar-refractivity contribution in [1.82, 2.24) is 0 Å².